The fourth-order valence-electron chi connectivity index (χ4n) is 2.15. The summed E-state index contributed by atoms with van der Waals surface area (Å²) in [5, 5.41) is 24.5. The van der Waals surface area contributed by atoms with Crippen molar-refractivity contribution in [2.24, 2.45) is 0 Å². The highest BCUT2D eigenvalue weighted by molar-refractivity contribution is 5.91. The molecule has 0 spiro atoms. The van der Waals surface area contributed by atoms with Crippen LogP contribution in [0.3, 0.4) is 0 Å². The normalized spacial score (nSPS) is 11.3. The lowest BCUT2D eigenvalue weighted by molar-refractivity contribution is 0.0696. The number of amides is 1. The number of carbonyl (C=O) groups excluding carboxylic acids is 1. The molecular formula is C18H18N4O3. The van der Waals surface area contributed by atoms with Crippen molar-refractivity contribution in [1.29, 1.82) is 0 Å². The average Bonchev–Trinajstić information content (AvgIpc) is 3.11. The van der Waals surface area contributed by atoms with Crippen LogP contribution in [0, 0.1) is 0 Å². The fourth-order valence-corrected chi connectivity index (χ4v) is 2.15. The number of benzene rings is 1. The third-order valence-corrected chi connectivity index (χ3v) is 3.58. The lowest BCUT2D eigenvalue weighted by atomic mass is 10.1. The lowest BCUT2D eigenvalue weighted by Gasteiger charge is -2.11. The van der Waals surface area contributed by atoms with E-state index in [4.69, 9.17) is 4.52 Å². The highest BCUT2D eigenvalue weighted by atomic mass is 16.5. The van der Waals surface area contributed by atoms with E-state index in [2.05, 4.69) is 20.7 Å². The molecule has 0 saturated carbocycles. The molecule has 0 aliphatic carbocycles. The van der Waals surface area contributed by atoms with Crippen molar-refractivity contribution in [1.82, 2.24) is 20.7 Å². The van der Waals surface area contributed by atoms with Gasteiger partial charge in [-0.3, -0.25) is 4.79 Å². The molecule has 2 N–H and O–H groups in total. The molecule has 25 heavy (non-hydrogen) atoms. The van der Waals surface area contributed by atoms with Gasteiger partial charge in [-0.1, -0.05) is 35.5 Å². The summed E-state index contributed by atoms with van der Waals surface area (Å²) in [7, 11) is 0. The molecule has 2 aromatic heterocycles. The van der Waals surface area contributed by atoms with E-state index in [1.165, 1.54) is 6.07 Å². The second-order valence-corrected chi connectivity index (χ2v) is 6.09. The Hall–Kier alpha value is -3.06. The van der Waals surface area contributed by atoms with E-state index in [0.29, 0.717) is 11.4 Å². The molecule has 3 aromatic rings. The first-order valence-electron chi connectivity index (χ1n) is 7.79. The Labute approximate surface area is 144 Å². The van der Waals surface area contributed by atoms with Crippen molar-refractivity contribution in [2.75, 3.05) is 0 Å². The third-order valence-electron chi connectivity index (χ3n) is 3.58. The Balaban J connectivity index is 1.62. The van der Waals surface area contributed by atoms with E-state index in [9.17, 15) is 9.90 Å². The van der Waals surface area contributed by atoms with Crippen molar-refractivity contribution in [3.63, 3.8) is 0 Å². The minimum Gasteiger partial charge on any atom is -0.384 e. The van der Waals surface area contributed by atoms with Gasteiger partial charge < -0.3 is 14.9 Å². The second kappa shape index (κ2) is 6.82. The van der Waals surface area contributed by atoms with Gasteiger partial charge in [-0.25, -0.2) is 0 Å². The maximum absolute atomic E-state index is 12.1. The van der Waals surface area contributed by atoms with Gasteiger partial charge in [0.2, 0.25) is 5.76 Å². The molecule has 0 aliphatic rings. The Morgan fingerprint density at radius 2 is 1.92 bits per heavy atom. The molecule has 2 heterocycles. The van der Waals surface area contributed by atoms with Gasteiger partial charge in [0.25, 0.3) is 5.91 Å². The van der Waals surface area contributed by atoms with Crippen LogP contribution in [0.15, 0.2) is 53.1 Å². The zero-order valence-corrected chi connectivity index (χ0v) is 13.9. The van der Waals surface area contributed by atoms with Gasteiger partial charge in [-0.2, -0.15) is 10.2 Å². The minimum atomic E-state index is -1.17. The van der Waals surface area contributed by atoms with Gasteiger partial charge in [0.05, 0.1) is 17.9 Å². The van der Waals surface area contributed by atoms with Crippen molar-refractivity contribution in [2.45, 2.75) is 26.0 Å². The number of aromatic nitrogens is 3. The summed E-state index contributed by atoms with van der Waals surface area (Å²) >= 11 is 0. The number of nitrogens with one attached hydrogen (secondary N) is 1. The summed E-state index contributed by atoms with van der Waals surface area (Å²) in [4.78, 5) is 12.1. The maximum Gasteiger partial charge on any atom is 0.290 e. The molecule has 0 fully saturated rings. The van der Waals surface area contributed by atoms with Gasteiger partial charge in [0, 0.05) is 11.6 Å². The smallest absolute Gasteiger partial charge is 0.290 e. The summed E-state index contributed by atoms with van der Waals surface area (Å²) < 4.78 is 4.96. The molecule has 1 amide bonds. The zero-order chi connectivity index (χ0) is 17.9. The molecule has 0 bridgehead atoms. The monoisotopic (exact) mass is 338 g/mol. The SMILES string of the molecule is CC(C)(O)c1cc(C(=O)NCc2ccc(-c3ccccc3)nn2)on1. The van der Waals surface area contributed by atoms with Crippen LogP contribution in [0.25, 0.3) is 11.3 Å². The molecule has 0 aliphatic heterocycles. The lowest BCUT2D eigenvalue weighted by Crippen LogP contribution is -2.23. The Morgan fingerprint density at radius 3 is 2.52 bits per heavy atom. The Morgan fingerprint density at radius 1 is 1.16 bits per heavy atom. The molecule has 7 nitrogen and oxygen atoms in total. The predicted molar refractivity (Wildman–Crippen MR) is 90.4 cm³/mol. The van der Waals surface area contributed by atoms with E-state index >= 15 is 0 Å². The van der Waals surface area contributed by atoms with Crippen molar-refractivity contribution in [3.8, 4) is 11.3 Å². The van der Waals surface area contributed by atoms with Crippen LogP contribution in [0.5, 0.6) is 0 Å². The fraction of sp³-hybridized carbons (Fsp3) is 0.222. The van der Waals surface area contributed by atoms with Crippen molar-refractivity contribution >= 4 is 5.91 Å². The van der Waals surface area contributed by atoms with E-state index in [1.807, 2.05) is 36.4 Å². The van der Waals surface area contributed by atoms with E-state index in [1.54, 1.807) is 19.9 Å². The van der Waals surface area contributed by atoms with Gasteiger partial charge in [0.15, 0.2) is 0 Å². The van der Waals surface area contributed by atoms with Crippen LogP contribution in [0.2, 0.25) is 0 Å². The first kappa shape index (κ1) is 16.8. The quantitative estimate of drug-likeness (QED) is 0.740. The van der Waals surface area contributed by atoms with Crippen LogP contribution >= 0.6 is 0 Å². The summed E-state index contributed by atoms with van der Waals surface area (Å²) in [5.41, 5.74) is 1.49. The Bertz CT molecular complexity index is 852. The van der Waals surface area contributed by atoms with Crippen LogP contribution in [-0.4, -0.2) is 26.4 Å². The number of nitrogens with zero attached hydrogens (tertiary/aromatic N) is 3. The number of hydrogen-bond donors (Lipinski definition) is 2. The van der Waals surface area contributed by atoms with Crippen molar-refractivity contribution < 1.29 is 14.4 Å². The topological polar surface area (TPSA) is 101 Å². The Kier molecular flexibility index (Phi) is 4.58. The summed E-state index contributed by atoms with van der Waals surface area (Å²) in [6.45, 7) is 3.34. The summed E-state index contributed by atoms with van der Waals surface area (Å²) in [5.74, 6) is -0.400. The highest BCUT2D eigenvalue weighted by Crippen LogP contribution is 2.19. The number of rotatable bonds is 5. The van der Waals surface area contributed by atoms with Gasteiger partial charge in [0.1, 0.15) is 11.3 Å². The van der Waals surface area contributed by atoms with E-state index < -0.39 is 11.5 Å². The molecule has 128 valence electrons. The van der Waals surface area contributed by atoms with Crippen LogP contribution in [0.1, 0.15) is 35.8 Å². The van der Waals surface area contributed by atoms with Crippen molar-refractivity contribution in [3.05, 3.63) is 65.7 Å². The third kappa shape index (κ3) is 4.07. The maximum atomic E-state index is 12.1. The number of aliphatic hydroxyl groups is 1. The molecule has 0 saturated heterocycles. The number of hydrogen-bond acceptors (Lipinski definition) is 6. The first-order chi connectivity index (χ1) is 11.9. The molecule has 1 aromatic carbocycles. The number of carbonyl (C=O) groups is 1. The first-order valence-corrected chi connectivity index (χ1v) is 7.79. The van der Waals surface area contributed by atoms with Crippen LogP contribution in [0.4, 0.5) is 0 Å². The van der Waals surface area contributed by atoms with E-state index in [-0.39, 0.29) is 12.3 Å². The molecule has 0 atom stereocenters. The molecule has 0 unspecified atom stereocenters. The standard InChI is InChI=1S/C18H18N4O3/c1-18(2,24)16-10-15(25-22-16)17(23)19-11-13-8-9-14(21-20-13)12-6-4-3-5-7-12/h3-10,24H,11H2,1-2H3,(H,19,23). The van der Waals surface area contributed by atoms with Crippen LogP contribution < -0.4 is 5.32 Å². The molecular weight excluding hydrogens is 320 g/mol. The minimum absolute atomic E-state index is 0.0333. The largest absolute Gasteiger partial charge is 0.384 e. The van der Waals surface area contributed by atoms with Crippen LogP contribution in [-0.2, 0) is 12.1 Å². The predicted octanol–water partition coefficient (Wildman–Crippen LogP) is 2.29. The average molecular weight is 338 g/mol. The molecule has 7 heteroatoms. The van der Waals surface area contributed by atoms with Gasteiger partial charge in [-0.15, -0.1) is 0 Å². The van der Waals surface area contributed by atoms with E-state index in [0.717, 1.165) is 11.3 Å². The molecule has 3 rings (SSSR count). The van der Waals surface area contributed by atoms with Gasteiger partial charge in [-0.05, 0) is 26.0 Å². The highest BCUT2D eigenvalue weighted by Gasteiger charge is 2.23. The zero-order valence-electron chi connectivity index (χ0n) is 13.9. The molecule has 0 radical (unpaired) electrons. The van der Waals surface area contributed by atoms with Gasteiger partial charge >= 0.3 is 0 Å². The summed E-state index contributed by atoms with van der Waals surface area (Å²) in [6.07, 6.45) is 0. The second-order valence-electron chi connectivity index (χ2n) is 6.09. The summed E-state index contributed by atoms with van der Waals surface area (Å²) in [6, 6.07) is 14.8.